The van der Waals surface area contributed by atoms with E-state index in [2.05, 4.69) is 15.2 Å². The molecule has 0 fully saturated rings. The molecule has 0 saturated heterocycles. The van der Waals surface area contributed by atoms with Crippen LogP contribution in [0.4, 0.5) is 5.69 Å². The summed E-state index contributed by atoms with van der Waals surface area (Å²) < 4.78 is 16.5. The number of nitro groups is 1. The number of non-ortho nitro benzene ring substituents is 1. The number of methoxy groups -OCH3 is 1. The zero-order valence-corrected chi connectivity index (χ0v) is 16.9. The normalized spacial score (nSPS) is 11.7. The number of aromatic amines is 1. The zero-order chi connectivity index (χ0) is 21.7. The Morgan fingerprint density at radius 3 is 2.47 bits per heavy atom. The van der Waals surface area contributed by atoms with E-state index in [4.69, 9.17) is 19.9 Å². The molecule has 0 aliphatic heterocycles. The third-order valence-electron chi connectivity index (χ3n) is 4.36. The number of aromatic nitrogens is 3. The number of hydrogen-bond donors (Lipinski definition) is 2. The molecule has 0 spiro atoms. The standard InChI is InChI=1S/C20H23N5O5/c1-4-29-16-8-6-12(10-17(16)30-5-2)18(21)20-22-19(23-24-20)14-11-13(25(26)27)7-9-15(14)28-3/h6-11,18H,4-5,21H2,1-3H3,(H,22,23,24). The van der Waals surface area contributed by atoms with Gasteiger partial charge >= 0.3 is 0 Å². The van der Waals surface area contributed by atoms with Gasteiger partial charge in [-0.15, -0.1) is 0 Å². The van der Waals surface area contributed by atoms with Crippen LogP contribution < -0.4 is 19.9 Å². The topological polar surface area (TPSA) is 138 Å². The van der Waals surface area contributed by atoms with Gasteiger partial charge < -0.3 is 19.9 Å². The Morgan fingerprint density at radius 1 is 1.10 bits per heavy atom. The molecule has 1 unspecified atom stereocenters. The second kappa shape index (κ2) is 9.23. The summed E-state index contributed by atoms with van der Waals surface area (Å²) in [6.07, 6.45) is 0. The Balaban J connectivity index is 1.94. The third-order valence-corrected chi connectivity index (χ3v) is 4.36. The number of rotatable bonds is 9. The maximum Gasteiger partial charge on any atom is 0.270 e. The van der Waals surface area contributed by atoms with Gasteiger partial charge in [0.2, 0.25) is 0 Å². The number of H-pyrrole nitrogens is 1. The predicted molar refractivity (Wildman–Crippen MR) is 110 cm³/mol. The van der Waals surface area contributed by atoms with Crippen molar-refractivity contribution in [1.29, 1.82) is 0 Å². The number of benzene rings is 2. The number of nitrogens with one attached hydrogen (secondary N) is 1. The Bertz CT molecular complexity index is 1040. The molecule has 1 atom stereocenters. The fourth-order valence-corrected chi connectivity index (χ4v) is 2.94. The highest BCUT2D eigenvalue weighted by Gasteiger charge is 2.20. The number of ether oxygens (including phenoxy) is 3. The summed E-state index contributed by atoms with van der Waals surface area (Å²) in [6, 6.07) is 9.03. The van der Waals surface area contributed by atoms with E-state index in [0.717, 1.165) is 5.56 Å². The van der Waals surface area contributed by atoms with E-state index in [0.29, 0.717) is 41.9 Å². The molecule has 1 aromatic heterocycles. The zero-order valence-electron chi connectivity index (χ0n) is 16.9. The Kier molecular flexibility index (Phi) is 6.48. The summed E-state index contributed by atoms with van der Waals surface area (Å²) in [4.78, 5) is 15.1. The summed E-state index contributed by atoms with van der Waals surface area (Å²) in [5, 5.41) is 18.1. The fourth-order valence-electron chi connectivity index (χ4n) is 2.94. The van der Waals surface area contributed by atoms with E-state index in [1.807, 2.05) is 19.9 Å². The van der Waals surface area contributed by atoms with E-state index in [9.17, 15) is 10.1 Å². The van der Waals surface area contributed by atoms with Crippen molar-refractivity contribution in [2.24, 2.45) is 5.73 Å². The minimum Gasteiger partial charge on any atom is -0.496 e. The van der Waals surface area contributed by atoms with Crippen LogP contribution in [0.1, 0.15) is 31.3 Å². The van der Waals surface area contributed by atoms with Gasteiger partial charge in [0.05, 0.1) is 36.9 Å². The molecule has 3 N–H and O–H groups in total. The largest absolute Gasteiger partial charge is 0.496 e. The number of nitro benzene ring substituents is 1. The molecule has 0 aliphatic rings. The van der Waals surface area contributed by atoms with Gasteiger partial charge in [-0.1, -0.05) is 6.07 Å². The molecule has 0 saturated carbocycles. The van der Waals surface area contributed by atoms with Crippen LogP contribution in [0.2, 0.25) is 0 Å². The van der Waals surface area contributed by atoms with Crippen molar-refractivity contribution in [3.8, 4) is 28.6 Å². The SMILES string of the molecule is CCOc1ccc(C(N)c2nc(-c3cc([N+](=O)[O-])ccc3OC)n[nH]2)cc1OCC. The number of nitrogens with two attached hydrogens (primary N) is 1. The summed E-state index contributed by atoms with van der Waals surface area (Å²) >= 11 is 0. The van der Waals surface area contributed by atoms with Crippen LogP contribution in [0, 0.1) is 10.1 Å². The van der Waals surface area contributed by atoms with Gasteiger partial charge in [-0.25, -0.2) is 4.98 Å². The van der Waals surface area contributed by atoms with E-state index < -0.39 is 11.0 Å². The third kappa shape index (κ3) is 4.33. The van der Waals surface area contributed by atoms with Crippen LogP contribution in [-0.2, 0) is 0 Å². The van der Waals surface area contributed by atoms with Crippen molar-refractivity contribution in [1.82, 2.24) is 15.2 Å². The maximum absolute atomic E-state index is 11.1. The minimum atomic E-state index is -0.620. The molecule has 2 aromatic carbocycles. The molecule has 0 aliphatic carbocycles. The van der Waals surface area contributed by atoms with Crippen LogP contribution in [0.15, 0.2) is 36.4 Å². The monoisotopic (exact) mass is 413 g/mol. The molecule has 3 aromatic rings. The van der Waals surface area contributed by atoms with Crippen LogP contribution >= 0.6 is 0 Å². The van der Waals surface area contributed by atoms with E-state index in [1.165, 1.54) is 25.3 Å². The molecule has 10 heteroatoms. The molecule has 3 rings (SSSR count). The lowest BCUT2D eigenvalue weighted by Gasteiger charge is -2.14. The highest BCUT2D eigenvalue weighted by molar-refractivity contribution is 5.67. The summed E-state index contributed by atoms with van der Waals surface area (Å²) in [7, 11) is 1.47. The molecule has 1 heterocycles. The summed E-state index contributed by atoms with van der Waals surface area (Å²) in [5.74, 6) is 2.28. The van der Waals surface area contributed by atoms with Gasteiger partial charge in [-0.2, -0.15) is 5.10 Å². The lowest BCUT2D eigenvalue weighted by Crippen LogP contribution is -2.14. The number of nitrogens with zero attached hydrogens (tertiary/aromatic N) is 3. The molecule has 0 bridgehead atoms. The van der Waals surface area contributed by atoms with Crippen molar-refractivity contribution >= 4 is 5.69 Å². The first-order valence-corrected chi connectivity index (χ1v) is 9.38. The van der Waals surface area contributed by atoms with E-state index in [-0.39, 0.29) is 11.5 Å². The molecule has 30 heavy (non-hydrogen) atoms. The van der Waals surface area contributed by atoms with Crippen molar-refractivity contribution in [3.05, 3.63) is 57.9 Å². The quantitative estimate of drug-likeness (QED) is 0.403. The molecular weight excluding hydrogens is 390 g/mol. The Hall–Kier alpha value is -3.66. The highest BCUT2D eigenvalue weighted by Crippen LogP contribution is 2.34. The molecule has 0 radical (unpaired) electrons. The van der Waals surface area contributed by atoms with Crippen molar-refractivity contribution in [3.63, 3.8) is 0 Å². The summed E-state index contributed by atoms with van der Waals surface area (Å²) in [5.41, 5.74) is 7.42. The van der Waals surface area contributed by atoms with Gasteiger partial charge in [-0.05, 0) is 37.6 Å². The Labute approximate surface area is 173 Å². The lowest BCUT2D eigenvalue weighted by atomic mass is 10.1. The first-order valence-electron chi connectivity index (χ1n) is 9.38. The van der Waals surface area contributed by atoms with Crippen LogP contribution in [0.3, 0.4) is 0 Å². The fraction of sp³-hybridized carbons (Fsp3) is 0.300. The molecule has 158 valence electrons. The average Bonchev–Trinajstić information content (AvgIpc) is 3.24. The van der Waals surface area contributed by atoms with Gasteiger partial charge in [0, 0.05) is 12.1 Å². The smallest absolute Gasteiger partial charge is 0.270 e. The first-order chi connectivity index (χ1) is 14.5. The van der Waals surface area contributed by atoms with Crippen molar-refractivity contribution in [2.45, 2.75) is 19.9 Å². The highest BCUT2D eigenvalue weighted by atomic mass is 16.6. The second-order valence-electron chi connectivity index (χ2n) is 6.24. The molecule has 0 amide bonds. The van der Waals surface area contributed by atoms with Gasteiger partial charge in [0.1, 0.15) is 11.6 Å². The number of hydrogen-bond acceptors (Lipinski definition) is 8. The molecular formula is C20H23N5O5. The van der Waals surface area contributed by atoms with E-state index in [1.54, 1.807) is 12.1 Å². The van der Waals surface area contributed by atoms with Crippen molar-refractivity contribution < 1.29 is 19.1 Å². The first kappa shape index (κ1) is 21.1. The average molecular weight is 413 g/mol. The second-order valence-corrected chi connectivity index (χ2v) is 6.24. The summed E-state index contributed by atoms with van der Waals surface area (Å²) in [6.45, 7) is 4.78. The van der Waals surface area contributed by atoms with E-state index >= 15 is 0 Å². The van der Waals surface area contributed by atoms with Crippen molar-refractivity contribution in [2.75, 3.05) is 20.3 Å². The maximum atomic E-state index is 11.1. The lowest BCUT2D eigenvalue weighted by molar-refractivity contribution is -0.384. The van der Waals surface area contributed by atoms with Gasteiger partial charge in [-0.3, -0.25) is 15.2 Å². The predicted octanol–water partition coefficient (Wildman–Crippen LogP) is 3.23. The molecule has 10 nitrogen and oxygen atoms in total. The van der Waals surface area contributed by atoms with Crippen LogP contribution in [0.5, 0.6) is 17.2 Å². The van der Waals surface area contributed by atoms with Crippen LogP contribution in [-0.4, -0.2) is 40.4 Å². The minimum absolute atomic E-state index is 0.0886. The Morgan fingerprint density at radius 2 is 1.80 bits per heavy atom. The van der Waals surface area contributed by atoms with Gasteiger partial charge in [0.25, 0.3) is 5.69 Å². The van der Waals surface area contributed by atoms with Crippen LogP contribution in [0.25, 0.3) is 11.4 Å². The van der Waals surface area contributed by atoms with Gasteiger partial charge in [0.15, 0.2) is 17.3 Å².